The summed E-state index contributed by atoms with van der Waals surface area (Å²) in [6, 6.07) is 11.3. The van der Waals surface area contributed by atoms with E-state index in [0.717, 1.165) is 50.2 Å². The lowest BCUT2D eigenvalue weighted by Gasteiger charge is -2.30. The number of carbonyl (C=O) groups excluding carboxylic acids is 2. The number of nitrogens with zero attached hydrogens (tertiary/aromatic N) is 3. The molecule has 5 N–H and O–H groups in total. The highest BCUT2D eigenvalue weighted by Gasteiger charge is 2.31. The van der Waals surface area contributed by atoms with E-state index in [1.165, 1.54) is 0 Å². The number of rotatable bonds is 7. The third-order valence-corrected chi connectivity index (χ3v) is 8.33. The van der Waals surface area contributed by atoms with Crippen LogP contribution >= 0.6 is 0 Å². The highest BCUT2D eigenvalue weighted by atomic mass is 19.2. The molecule has 2 aliphatic rings. The first-order valence-electron chi connectivity index (χ1n) is 14.6. The lowest BCUT2D eigenvalue weighted by molar-refractivity contribution is 0.0939. The fourth-order valence-electron chi connectivity index (χ4n) is 5.88. The highest BCUT2D eigenvalue weighted by Crippen LogP contribution is 2.36. The predicted octanol–water partition coefficient (Wildman–Crippen LogP) is 4.16. The van der Waals surface area contributed by atoms with Crippen molar-refractivity contribution in [3.63, 3.8) is 0 Å². The first kappa shape index (κ1) is 30.9. The van der Waals surface area contributed by atoms with Gasteiger partial charge in [-0.2, -0.15) is 9.49 Å². The van der Waals surface area contributed by atoms with Gasteiger partial charge in [0.2, 0.25) is 11.6 Å². The molecule has 4 aromatic rings. The van der Waals surface area contributed by atoms with Crippen molar-refractivity contribution in [2.75, 3.05) is 43.5 Å². The summed E-state index contributed by atoms with van der Waals surface area (Å²) < 4.78 is 62.4. The third kappa shape index (κ3) is 5.49. The van der Waals surface area contributed by atoms with Crippen molar-refractivity contribution in [1.82, 2.24) is 20.4 Å². The Labute approximate surface area is 261 Å². The van der Waals surface area contributed by atoms with Crippen LogP contribution < -0.4 is 31.3 Å². The number of benzene rings is 3. The number of hydrogen-bond acceptors (Lipinski definition) is 7. The van der Waals surface area contributed by atoms with Gasteiger partial charge in [-0.15, -0.1) is 0 Å². The van der Waals surface area contributed by atoms with Crippen LogP contribution in [0.1, 0.15) is 37.4 Å². The van der Waals surface area contributed by atoms with E-state index in [1.807, 2.05) is 6.07 Å². The van der Waals surface area contributed by atoms with Crippen LogP contribution in [-0.2, 0) is 19.5 Å². The van der Waals surface area contributed by atoms with Crippen molar-refractivity contribution >= 4 is 29.0 Å². The Morgan fingerprint density at radius 3 is 2.41 bits per heavy atom. The van der Waals surface area contributed by atoms with Crippen molar-refractivity contribution in [1.29, 1.82) is 0 Å². The number of anilines is 3. The number of nitrogens with one attached hydrogen (secondary N) is 3. The fraction of sp³-hybridized carbons (Fsp3) is 0.281. The number of carbonyl (C=O) groups is 2. The second-order valence-corrected chi connectivity index (χ2v) is 11.1. The second kappa shape index (κ2) is 12.4. The number of methoxy groups -OCH3 is 1. The smallest absolute Gasteiger partial charge is 0.258 e. The first-order valence-corrected chi connectivity index (χ1v) is 14.6. The summed E-state index contributed by atoms with van der Waals surface area (Å²) in [6.45, 7) is 5.80. The summed E-state index contributed by atoms with van der Waals surface area (Å²) in [6.07, 6.45) is 0.680. The van der Waals surface area contributed by atoms with E-state index in [-0.39, 0.29) is 12.1 Å². The summed E-state index contributed by atoms with van der Waals surface area (Å²) in [5.74, 6) is -10.3. The fourth-order valence-corrected chi connectivity index (χ4v) is 5.88. The van der Waals surface area contributed by atoms with Crippen LogP contribution in [0, 0.1) is 30.2 Å². The summed E-state index contributed by atoms with van der Waals surface area (Å²) in [5, 5.41) is 13.9. The van der Waals surface area contributed by atoms with Gasteiger partial charge in [-0.1, -0.05) is 12.1 Å². The number of ether oxygens (including phenoxy) is 1. The maximum absolute atomic E-state index is 14.4. The molecular weight excluding hydrogens is 606 g/mol. The Kier molecular flexibility index (Phi) is 8.30. The van der Waals surface area contributed by atoms with Crippen LogP contribution in [0.4, 0.5) is 34.8 Å². The summed E-state index contributed by atoms with van der Waals surface area (Å²) in [5.41, 5.74) is 10.3. The molecule has 3 heterocycles. The number of aromatic nitrogens is 2. The number of aryl methyl sites for hydroxylation is 3. The van der Waals surface area contributed by atoms with Gasteiger partial charge in [-0.05, 0) is 54.3 Å². The van der Waals surface area contributed by atoms with Gasteiger partial charge in [0.05, 0.1) is 7.11 Å². The van der Waals surface area contributed by atoms with E-state index in [2.05, 4.69) is 37.7 Å². The number of primary amides is 1. The minimum Gasteiger partial charge on any atom is -0.493 e. The maximum Gasteiger partial charge on any atom is 0.258 e. The molecule has 2 amide bonds. The molecule has 240 valence electrons. The van der Waals surface area contributed by atoms with Crippen molar-refractivity contribution in [3.05, 3.63) is 87.5 Å². The molecular formula is C32H31F4N7O3. The molecule has 46 heavy (non-hydrogen) atoms. The van der Waals surface area contributed by atoms with E-state index in [4.69, 9.17) is 10.8 Å². The number of nitrogens with two attached hydrogens (primary N) is 1. The quantitative estimate of drug-likeness (QED) is 0.136. The molecule has 3 aromatic carbocycles. The average molecular weight is 638 g/mol. The zero-order valence-electron chi connectivity index (χ0n) is 25.1. The SMILES string of the molecule is COc1c(F)c(F)c(F)c(F)c1C(=O)NCc1ccc(-c2nn3c(c2C(N)=O)Nc2ccc(N4CCNCC4)cc2CC3)cc1C. The summed E-state index contributed by atoms with van der Waals surface area (Å²) >= 11 is 0. The number of piperazine rings is 1. The highest BCUT2D eigenvalue weighted by molar-refractivity contribution is 6.04. The number of halogens is 4. The topological polar surface area (TPSA) is 127 Å². The first-order chi connectivity index (χ1) is 22.1. The molecule has 6 rings (SSSR count). The summed E-state index contributed by atoms with van der Waals surface area (Å²) in [7, 11) is 0.906. The molecule has 2 aliphatic heterocycles. The van der Waals surface area contributed by atoms with Gasteiger partial charge in [-0.3, -0.25) is 9.59 Å². The van der Waals surface area contributed by atoms with Gasteiger partial charge >= 0.3 is 0 Å². The average Bonchev–Trinajstić information content (AvgIpc) is 3.32. The normalized spacial score (nSPS) is 14.2. The zero-order chi connectivity index (χ0) is 32.7. The van der Waals surface area contributed by atoms with E-state index < -0.39 is 46.4 Å². The Morgan fingerprint density at radius 2 is 1.72 bits per heavy atom. The number of hydrogen-bond donors (Lipinski definition) is 4. The molecule has 1 aromatic heterocycles. The van der Waals surface area contributed by atoms with Gasteiger partial charge < -0.3 is 31.3 Å². The minimum atomic E-state index is -2.12. The molecule has 0 aliphatic carbocycles. The van der Waals surface area contributed by atoms with Gasteiger partial charge in [0.1, 0.15) is 22.6 Å². The largest absolute Gasteiger partial charge is 0.493 e. The molecule has 0 spiro atoms. The third-order valence-electron chi connectivity index (χ3n) is 8.33. The Morgan fingerprint density at radius 1 is 0.978 bits per heavy atom. The number of amides is 2. The molecule has 10 nitrogen and oxygen atoms in total. The van der Waals surface area contributed by atoms with Gasteiger partial charge in [0.25, 0.3) is 11.8 Å². The zero-order valence-corrected chi connectivity index (χ0v) is 25.1. The second-order valence-electron chi connectivity index (χ2n) is 11.1. The van der Waals surface area contributed by atoms with E-state index >= 15 is 0 Å². The molecule has 0 unspecified atom stereocenters. The molecule has 1 fully saturated rings. The maximum atomic E-state index is 14.4. The molecule has 0 bridgehead atoms. The van der Waals surface area contributed by atoms with Crippen LogP contribution in [0.5, 0.6) is 5.75 Å². The van der Waals surface area contributed by atoms with Crippen molar-refractivity contribution in [2.24, 2.45) is 5.73 Å². The number of fused-ring (bicyclic) bond motifs is 2. The van der Waals surface area contributed by atoms with Crippen molar-refractivity contribution < 1.29 is 31.9 Å². The standard InChI is InChI=1S/C32H31F4N7O3/c1-16-13-18(3-4-19(16)15-39-32(45)22-24(33)25(34)26(35)27(36)29(22)46-2)28-23(30(37)44)31-40-21-6-5-20(42-11-8-38-9-12-42)14-17(21)7-10-43(31)41-28/h3-6,13-14,38,40H,7-12,15H2,1-2H3,(H2,37,44)(H,39,45). The molecule has 1 saturated heterocycles. The van der Waals surface area contributed by atoms with Crippen molar-refractivity contribution in [2.45, 2.75) is 26.4 Å². The van der Waals surface area contributed by atoms with Gasteiger partial charge in [0, 0.05) is 56.2 Å². The Hall–Kier alpha value is -5.11. The Bertz CT molecular complexity index is 1870. The van der Waals surface area contributed by atoms with E-state index in [0.29, 0.717) is 41.2 Å². The molecule has 0 saturated carbocycles. The van der Waals surface area contributed by atoms with E-state index in [9.17, 15) is 27.2 Å². The molecule has 0 atom stereocenters. The van der Waals surface area contributed by atoms with Crippen LogP contribution in [0.25, 0.3) is 11.3 Å². The van der Waals surface area contributed by atoms with Crippen LogP contribution in [0.3, 0.4) is 0 Å². The van der Waals surface area contributed by atoms with Crippen LogP contribution in [0.15, 0.2) is 36.4 Å². The lowest BCUT2D eigenvalue weighted by Crippen LogP contribution is -2.43. The minimum absolute atomic E-state index is 0.162. The lowest BCUT2D eigenvalue weighted by atomic mass is 10.0. The molecule has 14 heteroatoms. The Balaban J connectivity index is 1.24. The monoisotopic (exact) mass is 637 g/mol. The van der Waals surface area contributed by atoms with Crippen molar-refractivity contribution in [3.8, 4) is 17.0 Å². The van der Waals surface area contributed by atoms with Gasteiger partial charge in [-0.25, -0.2) is 17.9 Å². The van der Waals surface area contributed by atoms with Crippen LogP contribution in [-0.4, -0.2) is 54.9 Å². The van der Waals surface area contributed by atoms with Gasteiger partial charge in [0.15, 0.2) is 17.4 Å². The molecule has 0 radical (unpaired) electrons. The van der Waals surface area contributed by atoms with E-state index in [1.54, 1.807) is 29.8 Å². The predicted molar refractivity (Wildman–Crippen MR) is 163 cm³/mol. The summed E-state index contributed by atoms with van der Waals surface area (Å²) in [4.78, 5) is 27.8. The van der Waals surface area contributed by atoms with Crippen LogP contribution in [0.2, 0.25) is 0 Å².